The van der Waals surface area contributed by atoms with Gasteiger partial charge in [0.05, 0.1) is 24.9 Å². The highest BCUT2D eigenvalue weighted by Crippen LogP contribution is 2.35. The first-order valence-corrected chi connectivity index (χ1v) is 9.39. The average Bonchev–Trinajstić information content (AvgIpc) is 3.24. The molecular weight excluding hydrogens is 420 g/mol. The lowest BCUT2D eigenvalue weighted by atomic mass is 10.2. The predicted octanol–water partition coefficient (Wildman–Crippen LogP) is 3.07. The van der Waals surface area contributed by atoms with Crippen LogP contribution in [0.15, 0.2) is 36.0 Å². The summed E-state index contributed by atoms with van der Waals surface area (Å²) >= 11 is 7.23. The fraction of sp³-hybridized carbons (Fsp3) is 0.167. The van der Waals surface area contributed by atoms with Crippen LogP contribution in [0.5, 0.6) is 11.5 Å². The van der Waals surface area contributed by atoms with Crippen molar-refractivity contribution >= 4 is 40.5 Å². The molecule has 9 nitrogen and oxygen atoms in total. The van der Waals surface area contributed by atoms with Crippen molar-refractivity contribution in [1.82, 2.24) is 15.0 Å². The Morgan fingerprint density at radius 1 is 1.14 bits per heavy atom. The average molecular weight is 435 g/mol. The number of ether oxygens (including phenoxy) is 3. The first-order valence-electron chi connectivity index (χ1n) is 8.13. The van der Waals surface area contributed by atoms with Gasteiger partial charge in [-0.05, 0) is 6.07 Å². The molecule has 0 bridgehead atoms. The zero-order valence-electron chi connectivity index (χ0n) is 15.3. The summed E-state index contributed by atoms with van der Waals surface area (Å²) in [6.45, 7) is -0.512. The molecule has 0 saturated carbocycles. The van der Waals surface area contributed by atoms with Gasteiger partial charge < -0.3 is 19.5 Å². The molecule has 0 fully saturated rings. The van der Waals surface area contributed by atoms with Crippen LogP contribution < -0.4 is 14.8 Å². The smallest absolute Gasteiger partial charge is 0.358 e. The minimum atomic E-state index is -0.737. The second kappa shape index (κ2) is 9.30. The minimum Gasteiger partial charge on any atom is -0.495 e. The lowest BCUT2D eigenvalue weighted by molar-refractivity contribution is -0.119. The summed E-state index contributed by atoms with van der Waals surface area (Å²) in [5.41, 5.74) is 0.392. The van der Waals surface area contributed by atoms with E-state index in [1.54, 1.807) is 18.5 Å². The zero-order chi connectivity index (χ0) is 20.8. The van der Waals surface area contributed by atoms with E-state index < -0.39 is 18.5 Å². The Balaban J connectivity index is 1.61. The van der Waals surface area contributed by atoms with Crippen molar-refractivity contribution in [1.29, 1.82) is 0 Å². The molecule has 1 N–H and O–H groups in total. The second-order valence-electron chi connectivity index (χ2n) is 5.42. The van der Waals surface area contributed by atoms with Crippen molar-refractivity contribution < 1.29 is 23.8 Å². The second-order valence-corrected chi connectivity index (χ2v) is 6.69. The predicted molar refractivity (Wildman–Crippen MR) is 107 cm³/mol. The topological polar surface area (TPSA) is 113 Å². The molecule has 0 atom stereocenters. The van der Waals surface area contributed by atoms with Crippen molar-refractivity contribution in [3.63, 3.8) is 0 Å². The number of nitrogens with zero attached hydrogens (tertiary/aromatic N) is 3. The van der Waals surface area contributed by atoms with Crippen molar-refractivity contribution in [2.75, 3.05) is 26.1 Å². The molecule has 2 aromatic heterocycles. The molecule has 3 rings (SSSR count). The van der Waals surface area contributed by atoms with Gasteiger partial charge in [-0.1, -0.05) is 11.6 Å². The van der Waals surface area contributed by atoms with E-state index in [1.165, 1.54) is 43.1 Å². The third-order valence-corrected chi connectivity index (χ3v) is 4.69. The molecular formula is C18H15ClN4O5S. The number of thiazole rings is 1. The first kappa shape index (κ1) is 20.5. The van der Waals surface area contributed by atoms with E-state index in [2.05, 4.69) is 20.3 Å². The van der Waals surface area contributed by atoms with Crippen LogP contribution in [0.3, 0.4) is 0 Å². The maximum absolute atomic E-state index is 12.2. The highest BCUT2D eigenvalue weighted by atomic mass is 35.5. The van der Waals surface area contributed by atoms with E-state index in [-0.39, 0.29) is 5.69 Å². The number of halogens is 1. The van der Waals surface area contributed by atoms with Crippen molar-refractivity contribution in [2.45, 2.75) is 0 Å². The zero-order valence-corrected chi connectivity index (χ0v) is 16.9. The fourth-order valence-electron chi connectivity index (χ4n) is 2.23. The number of rotatable bonds is 7. The maximum Gasteiger partial charge on any atom is 0.358 e. The minimum absolute atomic E-state index is 0.0657. The number of benzene rings is 1. The molecule has 2 heterocycles. The molecule has 0 saturated heterocycles. The Morgan fingerprint density at radius 2 is 1.86 bits per heavy atom. The monoisotopic (exact) mass is 434 g/mol. The summed E-state index contributed by atoms with van der Waals surface area (Å²) in [6.07, 6.45) is 3.15. The normalized spacial score (nSPS) is 10.3. The van der Waals surface area contributed by atoms with E-state index in [9.17, 15) is 9.59 Å². The van der Waals surface area contributed by atoms with E-state index in [4.69, 9.17) is 25.8 Å². The van der Waals surface area contributed by atoms with Crippen LogP contribution >= 0.6 is 22.9 Å². The summed E-state index contributed by atoms with van der Waals surface area (Å²) in [7, 11) is 2.88. The Kier molecular flexibility index (Phi) is 6.57. The Labute approximate surface area is 174 Å². The van der Waals surface area contributed by atoms with Gasteiger partial charge in [-0.2, -0.15) is 0 Å². The van der Waals surface area contributed by atoms with Gasteiger partial charge in [-0.25, -0.2) is 19.7 Å². The molecule has 0 aliphatic carbocycles. The summed E-state index contributed by atoms with van der Waals surface area (Å²) in [5, 5.41) is 4.90. The third-order valence-electron chi connectivity index (χ3n) is 3.55. The van der Waals surface area contributed by atoms with Gasteiger partial charge in [0, 0.05) is 29.9 Å². The van der Waals surface area contributed by atoms with E-state index in [0.29, 0.717) is 33.0 Å². The van der Waals surface area contributed by atoms with Gasteiger partial charge in [0.25, 0.3) is 5.91 Å². The Bertz CT molecular complexity index is 1030. The van der Waals surface area contributed by atoms with Crippen LogP contribution in [0.2, 0.25) is 5.02 Å². The molecule has 11 heteroatoms. The molecule has 1 amide bonds. The maximum atomic E-state index is 12.2. The van der Waals surface area contributed by atoms with Crippen LogP contribution in [0.1, 0.15) is 10.5 Å². The molecule has 0 unspecified atom stereocenters. The van der Waals surface area contributed by atoms with Gasteiger partial charge in [-0.3, -0.25) is 4.79 Å². The molecule has 3 aromatic rings. The molecule has 29 heavy (non-hydrogen) atoms. The number of hydrogen-bond donors (Lipinski definition) is 1. The lowest BCUT2D eigenvalue weighted by Crippen LogP contribution is -2.21. The SMILES string of the molecule is COc1cc(NC(=O)COC(=O)c2csc(-c3ncccn3)n2)c(OC)cc1Cl. The Morgan fingerprint density at radius 3 is 2.55 bits per heavy atom. The van der Waals surface area contributed by atoms with Gasteiger partial charge in [-0.15, -0.1) is 11.3 Å². The number of aromatic nitrogens is 3. The fourth-order valence-corrected chi connectivity index (χ4v) is 3.19. The summed E-state index contributed by atoms with van der Waals surface area (Å²) in [6, 6.07) is 4.69. The number of amides is 1. The number of methoxy groups -OCH3 is 2. The van der Waals surface area contributed by atoms with E-state index in [1.807, 2.05) is 0 Å². The summed E-state index contributed by atoms with van der Waals surface area (Å²) in [4.78, 5) is 36.6. The summed E-state index contributed by atoms with van der Waals surface area (Å²) in [5.74, 6) is -0.208. The standard InChI is InChI=1S/C18H15ClN4O5S/c1-26-13-7-11(14(27-2)6-10(13)19)22-15(24)8-28-18(25)12-9-29-17(23-12)16-20-4-3-5-21-16/h3-7,9H,8H2,1-2H3,(H,22,24). The Hall–Kier alpha value is -3.24. The van der Waals surface area contributed by atoms with Crippen LogP contribution in [-0.4, -0.2) is 47.7 Å². The molecule has 0 aliphatic heterocycles. The third kappa shape index (κ3) is 4.98. The molecule has 0 radical (unpaired) electrons. The van der Waals surface area contributed by atoms with Crippen molar-refractivity contribution in [3.8, 4) is 22.3 Å². The summed E-state index contributed by atoms with van der Waals surface area (Å²) < 4.78 is 15.3. The van der Waals surface area contributed by atoms with Crippen LogP contribution in [0.25, 0.3) is 10.8 Å². The molecule has 150 valence electrons. The van der Waals surface area contributed by atoms with E-state index in [0.717, 1.165) is 0 Å². The molecule has 0 aliphatic rings. The van der Waals surface area contributed by atoms with Crippen LogP contribution in [-0.2, 0) is 9.53 Å². The van der Waals surface area contributed by atoms with Gasteiger partial charge in [0.2, 0.25) is 0 Å². The highest BCUT2D eigenvalue weighted by Gasteiger charge is 2.17. The highest BCUT2D eigenvalue weighted by molar-refractivity contribution is 7.13. The molecule has 1 aromatic carbocycles. The number of hydrogen-bond acceptors (Lipinski definition) is 9. The van der Waals surface area contributed by atoms with Gasteiger partial charge in [0.1, 0.15) is 11.5 Å². The molecule has 0 spiro atoms. The largest absolute Gasteiger partial charge is 0.495 e. The number of carbonyl (C=O) groups is 2. The lowest BCUT2D eigenvalue weighted by Gasteiger charge is -2.13. The number of esters is 1. The van der Waals surface area contributed by atoms with Crippen LogP contribution in [0.4, 0.5) is 5.69 Å². The number of anilines is 1. The quantitative estimate of drug-likeness (QED) is 0.564. The van der Waals surface area contributed by atoms with E-state index >= 15 is 0 Å². The van der Waals surface area contributed by atoms with Crippen molar-refractivity contribution in [2.24, 2.45) is 0 Å². The van der Waals surface area contributed by atoms with Gasteiger partial charge in [0.15, 0.2) is 23.1 Å². The number of nitrogens with one attached hydrogen (secondary N) is 1. The first-order chi connectivity index (χ1) is 14.0. The number of carbonyl (C=O) groups excluding carboxylic acids is 2. The van der Waals surface area contributed by atoms with Crippen LogP contribution in [0, 0.1) is 0 Å². The van der Waals surface area contributed by atoms with Gasteiger partial charge >= 0.3 is 5.97 Å². The van der Waals surface area contributed by atoms with Crippen molar-refractivity contribution in [3.05, 3.63) is 46.7 Å².